The number of nitrogens with one attached hydrogen (secondary N) is 2. The molecule has 4 heteroatoms. The molecule has 3 N–H and O–H groups in total. The SMILES string of the molecule is Cc1ccc(C)c(NC(=O)Nc2ccccc2O)c1. The van der Waals surface area contributed by atoms with Gasteiger partial charge in [-0.15, -0.1) is 0 Å². The summed E-state index contributed by atoms with van der Waals surface area (Å²) in [5, 5.41) is 15.0. The van der Waals surface area contributed by atoms with Crippen LogP contribution in [-0.4, -0.2) is 11.1 Å². The molecule has 0 aliphatic carbocycles. The topological polar surface area (TPSA) is 61.4 Å². The predicted octanol–water partition coefficient (Wildman–Crippen LogP) is 3.65. The number of urea groups is 1. The molecule has 0 aliphatic rings. The van der Waals surface area contributed by atoms with E-state index in [0.29, 0.717) is 5.69 Å². The minimum atomic E-state index is -0.379. The minimum Gasteiger partial charge on any atom is -0.506 e. The molecule has 2 rings (SSSR count). The third-order valence-electron chi connectivity index (χ3n) is 2.79. The molecular formula is C15H16N2O2. The second-order valence-corrected chi connectivity index (χ2v) is 4.41. The fourth-order valence-corrected chi connectivity index (χ4v) is 1.73. The maximum absolute atomic E-state index is 11.9. The van der Waals surface area contributed by atoms with Crippen LogP contribution >= 0.6 is 0 Å². The molecule has 0 saturated carbocycles. The van der Waals surface area contributed by atoms with Gasteiger partial charge in [-0.1, -0.05) is 24.3 Å². The fourth-order valence-electron chi connectivity index (χ4n) is 1.73. The summed E-state index contributed by atoms with van der Waals surface area (Å²) in [7, 11) is 0. The zero-order valence-corrected chi connectivity index (χ0v) is 10.9. The first-order valence-electron chi connectivity index (χ1n) is 5.99. The summed E-state index contributed by atoms with van der Waals surface area (Å²) >= 11 is 0. The standard InChI is InChI=1S/C15H16N2O2/c1-10-7-8-11(2)13(9-10)17-15(19)16-12-5-3-4-6-14(12)18/h3-9,18H,1-2H3,(H2,16,17,19). The Morgan fingerprint density at radius 3 is 2.42 bits per heavy atom. The highest BCUT2D eigenvalue weighted by molar-refractivity contribution is 6.01. The third-order valence-corrected chi connectivity index (χ3v) is 2.79. The van der Waals surface area contributed by atoms with Crippen LogP contribution in [0.1, 0.15) is 11.1 Å². The van der Waals surface area contributed by atoms with Crippen LogP contribution in [0.3, 0.4) is 0 Å². The van der Waals surface area contributed by atoms with Crippen LogP contribution in [0, 0.1) is 13.8 Å². The molecule has 2 aromatic rings. The van der Waals surface area contributed by atoms with Crippen molar-refractivity contribution in [3.05, 3.63) is 53.6 Å². The highest BCUT2D eigenvalue weighted by atomic mass is 16.3. The highest BCUT2D eigenvalue weighted by Crippen LogP contribution is 2.22. The molecule has 2 amide bonds. The minimum absolute atomic E-state index is 0.0404. The summed E-state index contributed by atoms with van der Waals surface area (Å²) in [5.74, 6) is 0.0404. The Morgan fingerprint density at radius 2 is 1.68 bits per heavy atom. The Morgan fingerprint density at radius 1 is 1.00 bits per heavy atom. The Bertz CT molecular complexity index is 609. The van der Waals surface area contributed by atoms with E-state index in [1.165, 1.54) is 6.07 Å². The predicted molar refractivity (Wildman–Crippen MR) is 76.7 cm³/mol. The molecule has 0 atom stereocenters. The number of hydrogen-bond donors (Lipinski definition) is 3. The summed E-state index contributed by atoms with van der Waals surface area (Å²) in [6.45, 7) is 3.89. The molecule has 0 unspecified atom stereocenters. The smallest absolute Gasteiger partial charge is 0.323 e. The van der Waals surface area contributed by atoms with Gasteiger partial charge in [0.25, 0.3) is 0 Å². The number of phenolic OH excluding ortho intramolecular Hbond substituents is 1. The lowest BCUT2D eigenvalue weighted by atomic mass is 10.1. The molecule has 0 radical (unpaired) electrons. The molecule has 0 fully saturated rings. The third kappa shape index (κ3) is 3.25. The molecule has 0 saturated heterocycles. The van der Waals surface area contributed by atoms with Crippen LogP contribution in [0.2, 0.25) is 0 Å². The lowest BCUT2D eigenvalue weighted by Gasteiger charge is -2.11. The van der Waals surface area contributed by atoms with Gasteiger partial charge in [0.1, 0.15) is 5.75 Å². The van der Waals surface area contributed by atoms with E-state index in [-0.39, 0.29) is 11.8 Å². The van der Waals surface area contributed by atoms with Crippen molar-refractivity contribution in [1.29, 1.82) is 0 Å². The van der Waals surface area contributed by atoms with Gasteiger partial charge in [0.05, 0.1) is 5.69 Å². The van der Waals surface area contributed by atoms with Crippen LogP contribution in [0.15, 0.2) is 42.5 Å². The van der Waals surface area contributed by atoms with Gasteiger partial charge in [0.2, 0.25) is 0 Å². The van der Waals surface area contributed by atoms with Crippen LogP contribution in [0.25, 0.3) is 0 Å². The Labute approximate surface area is 112 Å². The first kappa shape index (κ1) is 13.0. The average Bonchev–Trinajstić information content (AvgIpc) is 2.37. The van der Waals surface area contributed by atoms with Crippen molar-refractivity contribution in [3.63, 3.8) is 0 Å². The first-order chi connectivity index (χ1) is 9.06. The number of amides is 2. The van der Waals surface area contributed by atoms with E-state index in [1.807, 2.05) is 32.0 Å². The maximum atomic E-state index is 11.9. The second-order valence-electron chi connectivity index (χ2n) is 4.41. The van der Waals surface area contributed by atoms with E-state index in [2.05, 4.69) is 10.6 Å². The number of benzene rings is 2. The number of anilines is 2. The Kier molecular flexibility index (Phi) is 3.71. The normalized spacial score (nSPS) is 10.0. The molecule has 2 aromatic carbocycles. The number of aryl methyl sites for hydroxylation is 2. The Hall–Kier alpha value is -2.49. The van der Waals surface area contributed by atoms with Gasteiger partial charge in [-0.25, -0.2) is 4.79 Å². The lowest BCUT2D eigenvalue weighted by Crippen LogP contribution is -2.20. The lowest BCUT2D eigenvalue weighted by molar-refractivity contribution is 0.262. The number of carbonyl (C=O) groups is 1. The Balaban J connectivity index is 2.10. The van der Waals surface area contributed by atoms with Crippen molar-refractivity contribution in [2.75, 3.05) is 10.6 Å². The molecular weight excluding hydrogens is 240 g/mol. The summed E-state index contributed by atoms with van der Waals surface area (Å²) in [6, 6.07) is 12.1. The van der Waals surface area contributed by atoms with Crippen LogP contribution < -0.4 is 10.6 Å². The van der Waals surface area contributed by atoms with Crippen molar-refractivity contribution in [3.8, 4) is 5.75 Å². The van der Waals surface area contributed by atoms with E-state index in [9.17, 15) is 9.90 Å². The number of phenols is 1. The van der Waals surface area contributed by atoms with Crippen molar-refractivity contribution in [2.45, 2.75) is 13.8 Å². The van der Waals surface area contributed by atoms with E-state index in [1.54, 1.807) is 18.2 Å². The molecule has 0 spiro atoms. The second kappa shape index (κ2) is 5.44. The van der Waals surface area contributed by atoms with Crippen LogP contribution in [0.5, 0.6) is 5.75 Å². The van der Waals surface area contributed by atoms with Crippen LogP contribution in [-0.2, 0) is 0 Å². The summed E-state index contributed by atoms with van der Waals surface area (Å²) in [6.07, 6.45) is 0. The van der Waals surface area contributed by atoms with Crippen molar-refractivity contribution < 1.29 is 9.90 Å². The van der Waals surface area contributed by atoms with Gasteiger partial charge in [0, 0.05) is 5.69 Å². The van der Waals surface area contributed by atoms with Gasteiger partial charge in [0.15, 0.2) is 0 Å². The van der Waals surface area contributed by atoms with E-state index in [0.717, 1.165) is 16.8 Å². The van der Waals surface area contributed by atoms with E-state index >= 15 is 0 Å². The van der Waals surface area contributed by atoms with Gasteiger partial charge < -0.3 is 15.7 Å². The summed E-state index contributed by atoms with van der Waals surface area (Å²) in [4.78, 5) is 11.9. The van der Waals surface area contributed by atoms with E-state index < -0.39 is 0 Å². The van der Waals surface area contributed by atoms with Gasteiger partial charge in [-0.2, -0.15) is 0 Å². The first-order valence-corrected chi connectivity index (χ1v) is 5.99. The quantitative estimate of drug-likeness (QED) is 0.718. The molecule has 19 heavy (non-hydrogen) atoms. The number of aromatic hydroxyl groups is 1. The maximum Gasteiger partial charge on any atom is 0.323 e. The largest absolute Gasteiger partial charge is 0.506 e. The zero-order chi connectivity index (χ0) is 13.8. The van der Waals surface area contributed by atoms with Crippen LogP contribution in [0.4, 0.5) is 16.2 Å². The summed E-state index contributed by atoms with van der Waals surface area (Å²) < 4.78 is 0. The number of para-hydroxylation sites is 2. The molecule has 0 aliphatic heterocycles. The zero-order valence-electron chi connectivity index (χ0n) is 10.9. The number of rotatable bonds is 2. The van der Waals surface area contributed by atoms with Gasteiger partial charge >= 0.3 is 6.03 Å². The monoisotopic (exact) mass is 256 g/mol. The van der Waals surface area contributed by atoms with Gasteiger partial charge in [-0.05, 0) is 43.2 Å². The van der Waals surface area contributed by atoms with Crippen molar-refractivity contribution in [2.24, 2.45) is 0 Å². The number of carbonyl (C=O) groups excluding carboxylic acids is 1. The molecule has 98 valence electrons. The molecule has 4 nitrogen and oxygen atoms in total. The van der Waals surface area contributed by atoms with Crippen molar-refractivity contribution >= 4 is 17.4 Å². The fraction of sp³-hybridized carbons (Fsp3) is 0.133. The summed E-state index contributed by atoms with van der Waals surface area (Å²) in [5.41, 5.74) is 3.19. The molecule has 0 aromatic heterocycles. The highest BCUT2D eigenvalue weighted by Gasteiger charge is 2.07. The molecule has 0 heterocycles. The van der Waals surface area contributed by atoms with Gasteiger partial charge in [-0.3, -0.25) is 0 Å². The number of hydrogen-bond acceptors (Lipinski definition) is 2. The van der Waals surface area contributed by atoms with Crippen molar-refractivity contribution in [1.82, 2.24) is 0 Å². The average molecular weight is 256 g/mol. The van der Waals surface area contributed by atoms with E-state index in [4.69, 9.17) is 0 Å². The molecule has 0 bridgehead atoms.